The van der Waals surface area contributed by atoms with Crippen LogP contribution in [0.25, 0.3) is 0 Å². The highest BCUT2D eigenvalue weighted by Crippen LogP contribution is 2.26. The van der Waals surface area contributed by atoms with Crippen molar-refractivity contribution in [2.45, 2.75) is 65.3 Å². The second-order valence-corrected chi connectivity index (χ2v) is 6.92. The fourth-order valence-electron chi connectivity index (χ4n) is 3.34. The van der Waals surface area contributed by atoms with Crippen molar-refractivity contribution in [1.82, 2.24) is 24.8 Å². The molecule has 0 radical (unpaired) electrons. The van der Waals surface area contributed by atoms with Crippen LogP contribution in [0.4, 0.5) is 0 Å². The van der Waals surface area contributed by atoms with Gasteiger partial charge in [0.05, 0.1) is 11.6 Å². The summed E-state index contributed by atoms with van der Waals surface area (Å²) in [4.78, 5) is 19.1. The van der Waals surface area contributed by atoms with E-state index in [2.05, 4.69) is 22.2 Å². The van der Waals surface area contributed by atoms with Gasteiger partial charge in [-0.25, -0.2) is 0 Å². The molecule has 7 nitrogen and oxygen atoms in total. The number of hydrogen-bond acceptors (Lipinski definition) is 5. The van der Waals surface area contributed by atoms with Gasteiger partial charge in [0.25, 0.3) is 0 Å². The molecule has 136 valence electrons. The maximum atomic E-state index is 12.7. The molecule has 1 atom stereocenters. The average molecular weight is 345 g/mol. The quantitative estimate of drug-likeness (QED) is 0.804. The van der Waals surface area contributed by atoms with Gasteiger partial charge in [0.1, 0.15) is 6.54 Å². The molecule has 1 amide bonds. The molecule has 0 aliphatic carbocycles. The summed E-state index contributed by atoms with van der Waals surface area (Å²) in [5, 5.41) is 8.46. The summed E-state index contributed by atoms with van der Waals surface area (Å²) < 4.78 is 7.23. The minimum atomic E-state index is 0.0987. The SMILES string of the molecule is CCCCc1noc(C2CCCN(C(=O)Cn3nc(C)cc3C)C2)n1. The van der Waals surface area contributed by atoms with Crippen LogP contribution in [-0.4, -0.2) is 43.8 Å². The van der Waals surface area contributed by atoms with Crippen LogP contribution in [0.3, 0.4) is 0 Å². The Bertz CT molecular complexity index is 721. The molecule has 1 fully saturated rings. The Hall–Kier alpha value is -2.18. The maximum Gasteiger partial charge on any atom is 0.244 e. The largest absolute Gasteiger partial charge is 0.340 e. The van der Waals surface area contributed by atoms with Crippen LogP contribution in [0.1, 0.15) is 61.6 Å². The zero-order chi connectivity index (χ0) is 17.8. The number of piperidine rings is 1. The molecular formula is C18H27N5O2. The summed E-state index contributed by atoms with van der Waals surface area (Å²) in [5.41, 5.74) is 1.95. The number of nitrogens with zero attached hydrogens (tertiary/aromatic N) is 5. The number of aromatic nitrogens is 4. The molecule has 1 aliphatic rings. The molecule has 7 heteroatoms. The Balaban J connectivity index is 1.61. The molecule has 25 heavy (non-hydrogen) atoms. The molecule has 1 aliphatic heterocycles. The van der Waals surface area contributed by atoms with Gasteiger partial charge in [0, 0.05) is 25.2 Å². The fraction of sp³-hybridized carbons (Fsp3) is 0.667. The summed E-state index contributed by atoms with van der Waals surface area (Å²) in [7, 11) is 0. The van der Waals surface area contributed by atoms with Crippen LogP contribution in [-0.2, 0) is 17.8 Å². The van der Waals surface area contributed by atoms with Gasteiger partial charge >= 0.3 is 0 Å². The van der Waals surface area contributed by atoms with Crippen LogP contribution in [0.2, 0.25) is 0 Å². The van der Waals surface area contributed by atoms with Crippen molar-refractivity contribution < 1.29 is 9.32 Å². The van der Waals surface area contributed by atoms with Crippen LogP contribution >= 0.6 is 0 Å². The van der Waals surface area contributed by atoms with Gasteiger partial charge in [-0.05, 0) is 39.2 Å². The molecule has 0 N–H and O–H groups in total. The lowest BCUT2D eigenvalue weighted by atomic mass is 9.98. The molecule has 1 saturated heterocycles. The van der Waals surface area contributed by atoms with E-state index in [9.17, 15) is 4.79 Å². The predicted molar refractivity (Wildman–Crippen MR) is 93.2 cm³/mol. The lowest BCUT2D eigenvalue weighted by Gasteiger charge is -2.31. The third kappa shape index (κ3) is 4.27. The van der Waals surface area contributed by atoms with Gasteiger partial charge in [-0.2, -0.15) is 10.1 Å². The summed E-state index contributed by atoms with van der Waals surface area (Å²) in [6, 6.07) is 1.99. The Morgan fingerprint density at radius 1 is 1.40 bits per heavy atom. The molecule has 0 bridgehead atoms. The average Bonchev–Trinajstić information content (AvgIpc) is 3.19. The first-order chi connectivity index (χ1) is 12.1. The number of aryl methyl sites for hydroxylation is 3. The summed E-state index contributed by atoms with van der Waals surface area (Å²) in [6.45, 7) is 7.78. The molecule has 3 heterocycles. The van der Waals surface area contributed by atoms with Crippen LogP contribution in [0.5, 0.6) is 0 Å². The summed E-state index contributed by atoms with van der Waals surface area (Å²) in [6.07, 6.45) is 4.98. The standard InChI is InChI=1S/C18H27N5O2/c1-4-5-8-16-19-18(25-21-16)15-7-6-9-22(11-15)17(24)12-23-14(3)10-13(2)20-23/h10,15H,4-9,11-12H2,1-3H3. The molecule has 2 aromatic rings. The first-order valence-electron chi connectivity index (χ1n) is 9.18. The highest BCUT2D eigenvalue weighted by atomic mass is 16.5. The second kappa shape index (κ2) is 7.80. The zero-order valence-corrected chi connectivity index (χ0v) is 15.4. The number of hydrogen-bond donors (Lipinski definition) is 0. The maximum absolute atomic E-state index is 12.7. The van der Waals surface area contributed by atoms with E-state index in [-0.39, 0.29) is 18.4 Å². The van der Waals surface area contributed by atoms with E-state index in [1.165, 1.54) is 0 Å². The normalized spacial score (nSPS) is 17.9. The van der Waals surface area contributed by atoms with Gasteiger partial charge in [0.2, 0.25) is 11.8 Å². The third-order valence-corrected chi connectivity index (χ3v) is 4.75. The molecule has 2 aromatic heterocycles. The molecule has 0 aromatic carbocycles. The number of amides is 1. The van der Waals surface area contributed by atoms with Crippen LogP contribution in [0, 0.1) is 13.8 Å². The van der Waals surface area contributed by atoms with Gasteiger partial charge in [-0.1, -0.05) is 18.5 Å². The second-order valence-electron chi connectivity index (χ2n) is 6.92. The zero-order valence-electron chi connectivity index (χ0n) is 15.4. The van der Waals surface area contributed by atoms with E-state index >= 15 is 0 Å². The van der Waals surface area contributed by atoms with Gasteiger partial charge in [-0.3, -0.25) is 9.48 Å². The number of carbonyl (C=O) groups excluding carboxylic acids is 1. The Morgan fingerprint density at radius 2 is 2.24 bits per heavy atom. The van der Waals surface area contributed by atoms with Crippen molar-refractivity contribution in [3.8, 4) is 0 Å². The molecule has 0 saturated carbocycles. The minimum Gasteiger partial charge on any atom is -0.340 e. The van der Waals surface area contributed by atoms with E-state index < -0.39 is 0 Å². The van der Waals surface area contributed by atoms with Crippen molar-refractivity contribution >= 4 is 5.91 Å². The van der Waals surface area contributed by atoms with Crippen molar-refractivity contribution in [2.24, 2.45) is 0 Å². The third-order valence-electron chi connectivity index (χ3n) is 4.75. The highest BCUT2D eigenvalue weighted by Gasteiger charge is 2.28. The van der Waals surface area contributed by atoms with Gasteiger partial charge in [0.15, 0.2) is 5.82 Å². The first kappa shape index (κ1) is 17.6. The molecule has 0 spiro atoms. The fourth-order valence-corrected chi connectivity index (χ4v) is 3.34. The van der Waals surface area contributed by atoms with E-state index in [4.69, 9.17) is 4.52 Å². The Morgan fingerprint density at radius 3 is 2.96 bits per heavy atom. The molecular weight excluding hydrogens is 318 g/mol. The van der Waals surface area contributed by atoms with E-state index in [0.717, 1.165) is 55.9 Å². The number of likely N-dealkylation sites (tertiary alicyclic amines) is 1. The summed E-state index contributed by atoms with van der Waals surface area (Å²) in [5.74, 6) is 1.69. The van der Waals surface area contributed by atoms with Crippen molar-refractivity contribution in [3.63, 3.8) is 0 Å². The predicted octanol–water partition coefficient (Wildman–Crippen LogP) is 2.63. The van der Waals surface area contributed by atoms with E-state index in [0.29, 0.717) is 12.4 Å². The first-order valence-corrected chi connectivity index (χ1v) is 9.18. The highest BCUT2D eigenvalue weighted by molar-refractivity contribution is 5.76. The number of rotatable bonds is 6. The van der Waals surface area contributed by atoms with Crippen molar-refractivity contribution in [3.05, 3.63) is 29.2 Å². The lowest BCUT2D eigenvalue weighted by Crippen LogP contribution is -2.41. The smallest absolute Gasteiger partial charge is 0.244 e. The lowest BCUT2D eigenvalue weighted by molar-refractivity contribution is -0.133. The Labute approximate surface area is 148 Å². The molecule has 3 rings (SSSR count). The van der Waals surface area contributed by atoms with Crippen molar-refractivity contribution in [2.75, 3.05) is 13.1 Å². The van der Waals surface area contributed by atoms with Gasteiger partial charge < -0.3 is 9.42 Å². The topological polar surface area (TPSA) is 77.0 Å². The summed E-state index contributed by atoms with van der Waals surface area (Å²) >= 11 is 0. The van der Waals surface area contributed by atoms with Gasteiger partial charge in [-0.15, -0.1) is 0 Å². The minimum absolute atomic E-state index is 0.0987. The van der Waals surface area contributed by atoms with E-state index in [1.807, 2.05) is 24.8 Å². The Kier molecular flexibility index (Phi) is 5.50. The monoisotopic (exact) mass is 345 g/mol. The van der Waals surface area contributed by atoms with Crippen LogP contribution in [0.15, 0.2) is 10.6 Å². The van der Waals surface area contributed by atoms with Crippen LogP contribution < -0.4 is 0 Å². The number of unbranched alkanes of at least 4 members (excludes halogenated alkanes) is 1. The molecule has 1 unspecified atom stereocenters. The number of carbonyl (C=O) groups is 1. The van der Waals surface area contributed by atoms with Crippen molar-refractivity contribution in [1.29, 1.82) is 0 Å². The van der Waals surface area contributed by atoms with E-state index in [1.54, 1.807) is 4.68 Å².